The minimum absolute atomic E-state index is 0.369. The van der Waals surface area contributed by atoms with E-state index in [1.807, 2.05) is 0 Å². The maximum atomic E-state index is 3.79. The maximum absolute atomic E-state index is 3.79. The highest BCUT2D eigenvalue weighted by molar-refractivity contribution is 7.99. The van der Waals surface area contributed by atoms with E-state index in [0.29, 0.717) is 17.5 Å². The second-order valence-corrected chi connectivity index (χ2v) is 9.06. The molecule has 1 aliphatic heterocycles. The van der Waals surface area contributed by atoms with Gasteiger partial charge in [-0.2, -0.15) is 11.8 Å². The number of hydrogen-bond acceptors (Lipinski definition) is 3. The lowest BCUT2D eigenvalue weighted by Crippen LogP contribution is -2.60. The van der Waals surface area contributed by atoms with Crippen molar-refractivity contribution in [3.8, 4) is 0 Å². The molecule has 0 aromatic carbocycles. The number of nitrogens with zero attached hydrogens (tertiary/aromatic N) is 1. The minimum atomic E-state index is 0.369. The first-order chi connectivity index (χ1) is 9.34. The van der Waals surface area contributed by atoms with Crippen molar-refractivity contribution >= 4 is 11.8 Å². The van der Waals surface area contributed by atoms with E-state index >= 15 is 0 Å². The van der Waals surface area contributed by atoms with E-state index in [2.05, 4.69) is 63.5 Å². The molecule has 1 rings (SSSR count). The summed E-state index contributed by atoms with van der Waals surface area (Å²) in [6.07, 6.45) is 2.64. The van der Waals surface area contributed by atoms with E-state index < -0.39 is 0 Å². The van der Waals surface area contributed by atoms with E-state index in [-0.39, 0.29) is 0 Å². The van der Waals surface area contributed by atoms with Crippen molar-refractivity contribution in [3.05, 3.63) is 0 Å². The lowest BCUT2D eigenvalue weighted by Gasteiger charge is -2.47. The molecule has 0 aromatic heterocycles. The highest BCUT2D eigenvalue weighted by Crippen LogP contribution is 2.27. The molecule has 120 valence electrons. The Balaban J connectivity index is 2.54. The molecule has 2 nitrogen and oxygen atoms in total. The zero-order chi connectivity index (χ0) is 15.2. The van der Waals surface area contributed by atoms with E-state index in [1.54, 1.807) is 0 Å². The van der Waals surface area contributed by atoms with Gasteiger partial charge in [0.05, 0.1) is 0 Å². The number of hydrogen-bond donors (Lipinski definition) is 1. The molecule has 1 saturated heterocycles. The van der Waals surface area contributed by atoms with Gasteiger partial charge in [0.25, 0.3) is 0 Å². The van der Waals surface area contributed by atoms with Crippen LogP contribution in [0.15, 0.2) is 0 Å². The van der Waals surface area contributed by atoms with Gasteiger partial charge in [-0.1, -0.05) is 41.5 Å². The second kappa shape index (κ2) is 8.65. The molecule has 1 fully saturated rings. The number of nitrogens with one attached hydrogen (secondary N) is 1. The standard InChI is InChI=1S/C17H36N2S/c1-7-20-10-8-9-19-13-15(11-14(2)3)18-12-16(19)17(4,5)6/h14-16,18H,7-13H2,1-6H3. The summed E-state index contributed by atoms with van der Waals surface area (Å²) in [6, 6.07) is 1.37. The highest BCUT2D eigenvalue weighted by atomic mass is 32.2. The maximum Gasteiger partial charge on any atom is 0.0269 e. The van der Waals surface area contributed by atoms with Crippen LogP contribution in [0, 0.1) is 11.3 Å². The summed E-state index contributed by atoms with van der Waals surface area (Å²) in [7, 11) is 0. The molecular formula is C17H36N2S. The molecule has 0 amide bonds. The Bertz CT molecular complexity index is 260. The molecule has 3 heteroatoms. The van der Waals surface area contributed by atoms with E-state index in [0.717, 1.165) is 12.5 Å². The van der Waals surface area contributed by atoms with Crippen LogP contribution in [-0.2, 0) is 0 Å². The van der Waals surface area contributed by atoms with Crippen molar-refractivity contribution in [1.29, 1.82) is 0 Å². The third-order valence-electron chi connectivity index (χ3n) is 4.19. The molecule has 2 unspecified atom stereocenters. The van der Waals surface area contributed by atoms with Crippen LogP contribution in [0.2, 0.25) is 0 Å². The molecule has 0 aromatic rings. The summed E-state index contributed by atoms with van der Waals surface area (Å²) in [5, 5.41) is 3.79. The van der Waals surface area contributed by atoms with Gasteiger partial charge in [-0.3, -0.25) is 4.90 Å². The molecule has 1 N–H and O–H groups in total. The normalized spacial score (nSPS) is 25.4. The first-order valence-corrected chi connectivity index (χ1v) is 9.55. The summed E-state index contributed by atoms with van der Waals surface area (Å²) in [5.74, 6) is 3.35. The molecule has 0 bridgehead atoms. The number of piperazine rings is 1. The first kappa shape index (κ1) is 18.3. The Morgan fingerprint density at radius 2 is 2.00 bits per heavy atom. The summed E-state index contributed by atoms with van der Waals surface area (Å²) in [6.45, 7) is 17.7. The van der Waals surface area contributed by atoms with Crippen LogP contribution in [0.5, 0.6) is 0 Å². The van der Waals surface area contributed by atoms with Crippen LogP contribution >= 0.6 is 11.8 Å². The van der Waals surface area contributed by atoms with Crippen LogP contribution in [-0.4, -0.2) is 48.1 Å². The van der Waals surface area contributed by atoms with Gasteiger partial charge < -0.3 is 5.32 Å². The lowest BCUT2D eigenvalue weighted by molar-refractivity contribution is 0.0519. The van der Waals surface area contributed by atoms with Crippen LogP contribution in [0.3, 0.4) is 0 Å². The van der Waals surface area contributed by atoms with Crippen LogP contribution in [0.25, 0.3) is 0 Å². The molecule has 0 radical (unpaired) electrons. The van der Waals surface area contributed by atoms with Crippen LogP contribution < -0.4 is 5.32 Å². The molecule has 2 atom stereocenters. The van der Waals surface area contributed by atoms with Gasteiger partial charge in [0.15, 0.2) is 0 Å². The predicted octanol–water partition coefficient (Wildman–Crippen LogP) is 3.86. The fraction of sp³-hybridized carbons (Fsp3) is 1.00. The molecule has 0 saturated carbocycles. The summed E-state index contributed by atoms with van der Waals surface area (Å²) >= 11 is 2.07. The molecular weight excluding hydrogens is 264 g/mol. The Kier molecular flexibility index (Phi) is 7.92. The van der Waals surface area contributed by atoms with Gasteiger partial charge >= 0.3 is 0 Å². The lowest BCUT2D eigenvalue weighted by atomic mass is 9.83. The van der Waals surface area contributed by atoms with Crippen molar-refractivity contribution in [2.24, 2.45) is 11.3 Å². The first-order valence-electron chi connectivity index (χ1n) is 8.39. The van der Waals surface area contributed by atoms with Crippen molar-refractivity contribution in [3.63, 3.8) is 0 Å². The van der Waals surface area contributed by atoms with Crippen molar-refractivity contribution in [2.75, 3.05) is 31.1 Å². The van der Waals surface area contributed by atoms with E-state index in [9.17, 15) is 0 Å². The Labute approximate surface area is 131 Å². The fourth-order valence-corrected chi connectivity index (χ4v) is 3.85. The SMILES string of the molecule is CCSCCCN1CC(CC(C)C)NCC1C(C)(C)C. The van der Waals surface area contributed by atoms with E-state index in [1.165, 1.54) is 37.4 Å². The average molecular weight is 301 g/mol. The summed E-state index contributed by atoms with van der Waals surface area (Å²) < 4.78 is 0. The third kappa shape index (κ3) is 6.36. The van der Waals surface area contributed by atoms with Crippen molar-refractivity contribution < 1.29 is 0 Å². The minimum Gasteiger partial charge on any atom is -0.311 e. The largest absolute Gasteiger partial charge is 0.311 e. The highest BCUT2D eigenvalue weighted by Gasteiger charge is 2.35. The van der Waals surface area contributed by atoms with Gasteiger partial charge in [-0.05, 0) is 42.2 Å². The van der Waals surface area contributed by atoms with Crippen molar-refractivity contribution in [1.82, 2.24) is 10.2 Å². The second-order valence-electron chi connectivity index (χ2n) is 7.66. The summed E-state index contributed by atoms with van der Waals surface area (Å²) in [4.78, 5) is 2.76. The number of rotatable bonds is 7. The third-order valence-corrected chi connectivity index (χ3v) is 5.17. The molecule has 1 aliphatic rings. The van der Waals surface area contributed by atoms with Gasteiger partial charge in [0.1, 0.15) is 0 Å². The molecule has 20 heavy (non-hydrogen) atoms. The smallest absolute Gasteiger partial charge is 0.0269 e. The average Bonchev–Trinajstić information content (AvgIpc) is 2.32. The topological polar surface area (TPSA) is 15.3 Å². The Morgan fingerprint density at radius 1 is 1.30 bits per heavy atom. The number of thioether (sulfide) groups is 1. The zero-order valence-electron chi connectivity index (χ0n) is 14.5. The molecule has 0 spiro atoms. The van der Waals surface area contributed by atoms with Crippen LogP contribution in [0.4, 0.5) is 0 Å². The van der Waals surface area contributed by atoms with Gasteiger partial charge in [0.2, 0.25) is 0 Å². The monoisotopic (exact) mass is 300 g/mol. The van der Waals surface area contributed by atoms with Gasteiger partial charge in [-0.15, -0.1) is 0 Å². The Morgan fingerprint density at radius 3 is 2.55 bits per heavy atom. The quantitative estimate of drug-likeness (QED) is 0.719. The molecule has 0 aliphatic carbocycles. The van der Waals surface area contributed by atoms with Gasteiger partial charge in [0, 0.05) is 25.2 Å². The van der Waals surface area contributed by atoms with E-state index in [4.69, 9.17) is 0 Å². The molecule has 1 heterocycles. The van der Waals surface area contributed by atoms with Crippen molar-refractivity contribution in [2.45, 2.75) is 66.5 Å². The Hall–Kier alpha value is 0.270. The fourth-order valence-electron chi connectivity index (χ4n) is 3.22. The summed E-state index contributed by atoms with van der Waals surface area (Å²) in [5.41, 5.74) is 0.369. The zero-order valence-corrected chi connectivity index (χ0v) is 15.4. The van der Waals surface area contributed by atoms with Crippen LogP contribution in [0.1, 0.15) is 54.4 Å². The predicted molar refractivity (Wildman–Crippen MR) is 93.7 cm³/mol. The van der Waals surface area contributed by atoms with Gasteiger partial charge in [-0.25, -0.2) is 0 Å².